The summed E-state index contributed by atoms with van der Waals surface area (Å²) >= 11 is 0. The molecule has 0 saturated carbocycles. The van der Waals surface area contributed by atoms with E-state index < -0.39 is 0 Å². The SMILES string of the molecule is BC1CCCc2ncccc2C1OC(C)=O. The van der Waals surface area contributed by atoms with Crippen LogP contribution in [0.5, 0.6) is 0 Å². The number of hydrogen-bond donors (Lipinski definition) is 0. The van der Waals surface area contributed by atoms with Gasteiger partial charge in [0.05, 0.1) is 0 Å². The first-order valence-corrected chi connectivity index (χ1v) is 5.79. The van der Waals surface area contributed by atoms with Crippen LogP contribution < -0.4 is 0 Å². The van der Waals surface area contributed by atoms with Crippen LogP contribution in [-0.4, -0.2) is 18.8 Å². The Morgan fingerprint density at radius 3 is 3.19 bits per heavy atom. The summed E-state index contributed by atoms with van der Waals surface area (Å²) in [4.78, 5) is 15.5. The van der Waals surface area contributed by atoms with Crippen LogP contribution in [0.3, 0.4) is 0 Å². The molecule has 0 bridgehead atoms. The van der Waals surface area contributed by atoms with Crippen molar-refractivity contribution in [2.75, 3.05) is 0 Å². The molecule has 3 nitrogen and oxygen atoms in total. The molecule has 0 N–H and O–H groups in total. The number of nitrogens with zero attached hydrogens (tertiary/aromatic N) is 1. The Morgan fingerprint density at radius 1 is 1.62 bits per heavy atom. The smallest absolute Gasteiger partial charge is 0.303 e. The second kappa shape index (κ2) is 4.68. The lowest BCUT2D eigenvalue weighted by atomic mass is 9.78. The van der Waals surface area contributed by atoms with E-state index in [-0.39, 0.29) is 12.1 Å². The molecular formula is C12H16BNO2. The van der Waals surface area contributed by atoms with Gasteiger partial charge in [0.25, 0.3) is 0 Å². The van der Waals surface area contributed by atoms with Gasteiger partial charge >= 0.3 is 5.97 Å². The minimum absolute atomic E-state index is 0.122. The van der Waals surface area contributed by atoms with Gasteiger partial charge in [-0.15, -0.1) is 0 Å². The minimum atomic E-state index is -0.214. The number of pyridine rings is 1. The second-order valence-electron chi connectivity index (χ2n) is 4.44. The quantitative estimate of drug-likeness (QED) is 0.406. The van der Waals surface area contributed by atoms with E-state index in [1.54, 1.807) is 6.20 Å². The normalized spacial score (nSPS) is 24.3. The Morgan fingerprint density at radius 2 is 2.44 bits per heavy atom. The molecule has 16 heavy (non-hydrogen) atoms. The first-order chi connectivity index (χ1) is 7.68. The number of ether oxygens (including phenoxy) is 1. The van der Waals surface area contributed by atoms with Crippen LogP contribution in [0.4, 0.5) is 0 Å². The third-order valence-electron chi connectivity index (χ3n) is 3.11. The molecule has 2 atom stereocenters. The summed E-state index contributed by atoms with van der Waals surface area (Å²) in [6.07, 6.45) is 4.86. The van der Waals surface area contributed by atoms with E-state index in [4.69, 9.17) is 4.74 Å². The Hall–Kier alpha value is -1.32. The highest BCUT2D eigenvalue weighted by atomic mass is 16.5. The van der Waals surface area contributed by atoms with Crippen LogP contribution in [0.1, 0.15) is 37.1 Å². The predicted molar refractivity (Wildman–Crippen MR) is 64.0 cm³/mol. The fourth-order valence-electron chi connectivity index (χ4n) is 2.33. The molecule has 1 aliphatic carbocycles. The van der Waals surface area contributed by atoms with E-state index in [0.29, 0.717) is 5.82 Å². The molecule has 0 radical (unpaired) electrons. The van der Waals surface area contributed by atoms with Crippen molar-refractivity contribution in [2.45, 2.75) is 38.1 Å². The zero-order chi connectivity index (χ0) is 11.5. The van der Waals surface area contributed by atoms with Crippen LogP contribution in [0.2, 0.25) is 5.82 Å². The predicted octanol–water partition coefficient (Wildman–Crippen LogP) is 1.44. The molecule has 0 saturated heterocycles. The fraction of sp³-hybridized carbons (Fsp3) is 0.500. The van der Waals surface area contributed by atoms with E-state index in [1.165, 1.54) is 6.92 Å². The van der Waals surface area contributed by atoms with Gasteiger partial charge < -0.3 is 4.74 Å². The van der Waals surface area contributed by atoms with E-state index in [2.05, 4.69) is 12.8 Å². The lowest BCUT2D eigenvalue weighted by Gasteiger charge is -2.22. The number of carbonyl (C=O) groups excluding carboxylic acids is 1. The molecule has 0 aliphatic heterocycles. The molecule has 0 spiro atoms. The maximum absolute atomic E-state index is 11.1. The number of fused-ring (bicyclic) bond motifs is 1. The summed E-state index contributed by atoms with van der Waals surface area (Å²) in [6.45, 7) is 1.47. The summed E-state index contributed by atoms with van der Waals surface area (Å²) in [5.74, 6) is 0.155. The molecule has 0 fully saturated rings. The van der Waals surface area contributed by atoms with Gasteiger partial charge in [0, 0.05) is 24.4 Å². The Bertz CT molecular complexity index is 394. The van der Waals surface area contributed by atoms with Crippen molar-refractivity contribution < 1.29 is 9.53 Å². The Labute approximate surface area is 96.6 Å². The van der Waals surface area contributed by atoms with Gasteiger partial charge in [0.1, 0.15) is 14.0 Å². The van der Waals surface area contributed by atoms with Gasteiger partial charge in [0.2, 0.25) is 0 Å². The third kappa shape index (κ3) is 2.26. The largest absolute Gasteiger partial charge is 0.458 e. The standard InChI is InChI=1S/C12H16BNO2/c1-8(15)16-12-9-4-3-7-14-11(9)6-2-5-10(12)13/h3-4,7,10,12H,2,5-6,13H2,1H3. The van der Waals surface area contributed by atoms with Gasteiger partial charge in [0.15, 0.2) is 0 Å². The Kier molecular flexibility index (Phi) is 3.27. The van der Waals surface area contributed by atoms with E-state index in [9.17, 15) is 4.79 Å². The van der Waals surface area contributed by atoms with Crippen LogP contribution in [0.25, 0.3) is 0 Å². The van der Waals surface area contributed by atoms with E-state index in [0.717, 1.165) is 30.5 Å². The van der Waals surface area contributed by atoms with Crippen LogP contribution in [0, 0.1) is 0 Å². The topological polar surface area (TPSA) is 39.2 Å². The first kappa shape index (κ1) is 11.2. The van der Waals surface area contributed by atoms with Gasteiger partial charge in [-0.25, -0.2) is 0 Å². The first-order valence-electron chi connectivity index (χ1n) is 5.79. The number of aromatic nitrogens is 1. The number of carbonyl (C=O) groups is 1. The van der Waals surface area contributed by atoms with Crippen LogP contribution >= 0.6 is 0 Å². The highest BCUT2D eigenvalue weighted by Crippen LogP contribution is 2.36. The van der Waals surface area contributed by atoms with Gasteiger partial charge in [-0.3, -0.25) is 9.78 Å². The number of rotatable bonds is 1. The summed E-state index contributed by atoms with van der Waals surface area (Å²) in [5, 5.41) is 0. The molecule has 0 aromatic carbocycles. The van der Waals surface area contributed by atoms with Crippen LogP contribution in [0.15, 0.2) is 18.3 Å². The summed E-state index contributed by atoms with van der Waals surface area (Å²) in [6, 6.07) is 3.94. The zero-order valence-electron chi connectivity index (χ0n) is 9.77. The summed E-state index contributed by atoms with van der Waals surface area (Å²) in [5.41, 5.74) is 2.17. The van der Waals surface area contributed by atoms with E-state index >= 15 is 0 Å². The average molecular weight is 217 g/mol. The van der Waals surface area contributed by atoms with Crippen molar-refractivity contribution in [2.24, 2.45) is 0 Å². The van der Waals surface area contributed by atoms with Crippen molar-refractivity contribution in [1.82, 2.24) is 4.98 Å². The molecule has 1 aromatic rings. The maximum atomic E-state index is 11.1. The van der Waals surface area contributed by atoms with Gasteiger partial charge in [-0.1, -0.05) is 12.5 Å². The molecular weight excluding hydrogens is 201 g/mol. The minimum Gasteiger partial charge on any atom is -0.458 e. The van der Waals surface area contributed by atoms with Gasteiger partial charge in [-0.05, 0) is 24.7 Å². The fourth-order valence-corrected chi connectivity index (χ4v) is 2.33. The van der Waals surface area contributed by atoms with Crippen molar-refractivity contribution in [3.63, 3.8) is 0 Å². The third-order valence-corrected chi connectivity index (χ3v) is 3.11. The molecule has 2 rings (SSSR count). The Balaban J connectivity index is 2.35. The highest BCUT2D eigenvalue weighted by molar-refractivity contribution is 6.12. The molecule has 1 aromatic heterocycles. The average Bonchev–Trinajstić information content (AvgIpc) is 2.40. The van der Waals surface area contributed by atoms with Crippen LogP contribution in [-0.2, 0) is 16.0 Å². The molecule has 2 unspecified atom stereocenters. The lowest BCUT2D eigenvalue weighted by molar-refractivity contribution is -0.147. The molecule has 1 heterocycles. The molecule has 0 amide bonds. The van der Waals surface area contributed by atoms with E-state index in [1.807, 2.05) is 12.1 Å². The maximum Gasteiger partial charge on any atom is 0.303 e. The van der Waals surface area contributed by atoms with Crippen molar-refractivity contribution in [3.05, 3.63) is 29.6 Å². The lowest BCUT2D eigenvalue weighted by Crippen LogP contribution is -2.15. The zero-order valence-corrected chi connectivity index (χ0v) is 9.77. The molecule has 1 aliphatic rings. The van der Waals surface area contributed by atoms with Crippen molar-refractivity contribution in [1.29, 1.82) is 0 Å². The number of esters is 1. The number of hydrogen-bond acceptors (Lipinski definition) is 3. The monoisotopic (exact) mass is 217 g/mol. The van der Waals surface area contributed by atoms with Crippen molar-refractivity contribution >= 4 is 13.8 Å². The summed E-state index contributed by atoms with van der Waals surface area (Å²) in [7, 11) is 2.13. The molecule has 4 heteroatoms. The van der Waals surface area contributed by atoms with Crippen molar-refractivity contribution in [3.8, 4) is 0 Å². The molecule has 84 valence electrons. The highest BCUT2D eigenvalue weighted by Gasteiger charge is 2.27. The number of aryl methyl sites for hydroxylation is 1. The van der Waals surface area contributed by atoms with Gasteiger partial charge in [-0.2, -0.15) is 0 Å². The second-order valence-corrected chi connectivity index (χ2v) is 4.44. The summed E-state index contributed by atoms with van der Waals surface area (Å²) < 4.78 is 5.43.